The molecule has 1 aromatic heterocycles. The van der Waals surface area contributed by atoms with Gasteiger partial charge in [-0.3, -0.25) is 0 Å². The van der Waals surface area contributed by atoms with Crippen molar-refractivity contribution >= 4 is 11.8 Å². The quantitative estimate of drug-likeness (QED) is 0.738. The van der Waals surface area contributed by atoms with Gasteiger partial charge in [0.25, 0.3) is 0 Å². The van der Waals surface area contributed by atoms with E-state index in [0.717, 1.165) is 0 Å². The van der Waals surface area contributed by atoms with E-state index in [-0.39, 0.29) is 5.25 Å². The van der Waals surface area contributed by atoms with Crippen LogP contribution in [0.25, 0.3) is 0 Å². The number of nitrogens with zero attached hydrogens (tertiary/aromatic N) is 2. The second-order valence-corrected chi connectivity index (χ2v) is 3.48. The zero-order chi connectivity index (χ0) is 9.68. The molecule has 0 amide bonds. The number of hydrogen-bond donors (Lipinski definition) is 0. The van der Waals surface area contributed by atoms with E-state index in [0.29, 0.717) is 17.7 Å². The standard InChI is InChI=1S/C9H8N2OS/c1-13-9(2-3-10)8-4-7(5-11)6-12-8/h4,6,9H,2H2,1H3. The van der Waals surface area contributed by atoms with Crippen molar-refractivity contribution in [3.05, 3.63) is 23.7 Å². The average molecular weight is 192 g/mol. The van der Waals surface area contributed by atoms with Gasteiger partial charge in [-0.25, -0.2) is 0 Å². The molecule has 1 atom stereocenters. The van der Waals surface area contributed by atoms with E-state index in [9.17, 15) is 0 Å². The molecule has 0 spiro atoms. The first-order valence-corrected chi connectivity index (χ1v) is 4.99. The summed E-state index contributed by atoms with van der Waals surface area (Å²) < 4.78 is 5.17. The summed E-state index contributed by atoms with van der Waals surface area (Å²) in [5.41, 5.74) is 0.506. The van der Waals surface area contributed by atoms with Crippen LogP contribution in [0.3, 0.4) is 0 Å². The Morgan fingerprint density at radius 3 is 2.85 bits per heavy atom. The highest BCUT2D eigenvalue weighted by molar-refractivity contribution is 7.98. The van der Waals surface area contributed by atoms with Gasteiger partial charge in [-0.2, -0.15) is 22.3 Å². The van der Waals surface area contributed by atoms with Crippen molar-refractivity contribution < 1.29 is 4.42 Å². The van der Waals surface area contributed by atoms with Gasteiger partial charge in [0.1, 0.15) is 18.1 Å². The summed E-state index contributed by atoms with van der Waals surface area (Å²) in [5.74, 6) is 0.700. The van der Waals surface area contributed by atoms with Crippen molar-refractivity contribution in [1.29, 1.82) is 10.5 Å². The lowest BCUT2D eigenvalue weighted by molar-refractivity contribution is 0.507. The predicted octanol–water partition coefficient (Wildman–Crippen LogP) is 2.47. The fourth-order valence-electron chi connectivity index (χ4n) is 0.963. The van der Waals surface area contributed by atoms with Crippen LogP contribution in [0.4, 0.5) is 0 Å². The molecule has 13 heavy (non-hydrogen) atoms. The second kappa shape index (κ2) is 4.59. The highest BCUT2D eigenvalue weighted by Crippen LogP contribution is 2.30. The lowest BCUT2D eigenvalue weighted by atomic mass is 10.2. The maximum atomic E-state index is 8.55. The van der Waals surface area contributed by atoms with Crippen molar-refractivity contribution in [2.24, 2.45) is 0 Å². The minimum atomic E-state index is 0.0344. The van der Waals surface area contributed by atoms with Gasteiger partial charge in [0.2, 0.25) is 0 Å². The Morgan fingerprint density at radius 1 is 1.62 bits per heavy atom. The Bertz CT molecular complexity index is 358. The minimum Gasteiger partial charge on any atom is -0.467 e. The maximum Gasteiger partial charge on any atom is 0.119 e. The fraction of sp³-hybridized carbons (Fsp3) is 0.333. The minimum absolute atomic E-state index is 0.0344. The topological polar surface area (TPSA) is 60.7 Å². The van der Waals surface area contributed by atoms with Crippen LogP contribution in [0.5, 0.6) is 0 Å². The molecule has 0 saturated carbocycles. The zero-order valence-electron chi connectivity index (χ0n) is 7.15. The Hall–Kier alpha value is -1.39. The lowest BCUT2D eigenvalue weighted by Gasteiger charge is -2.04. The molecule has 0 aromatic carbocycles. The molecular weight excluding hydrogens is 184 g/mol. The molecule has 1 aromatic rings. The number of hydrogen-bond acceptors (Lipinski definition) is 4. The number of furan rings is 1. The Balaban J connectivity index is 2.81. The van der Waals surface area contributed by atoms with Crippen LogP contribution in [0.15, 0.2) is 16.7 Å². The predicted molar refractivity (Wildman–Crippen MR) is 49.9 cm³/mol. The van der Waals surface area contributed by atoms with E-state index in [2.05, 4.69) is 6.07 Å². The van der Waals surface area contributed by atoms with Crippen LogP contribution >= 0.6 is 11.8 Å². The van der Waals surface area contributed by atoms with Gasteiger partial charge in [-0.05, 0) is 12.3 Å². The van der Waals surface area contributed by atoms with Crippen molar-refractivity contribution in [2.75, 3.05) is 6.26 Å². The van der Waals surface area contributed by atoms with E-state index < -0.39 is 0 Å². The zero-order valence-corrected chi connectivity index (χ0v) is 7.97. The van der Waals surface area contributed by atoms with Crippen molar-refractivity contribution in [2.45, 2.75) is 11.7 Å². The van der Waals surface area contributed by atoms with Gasteiger partial charge in [-0.15, -0.1) is 0 Å². The first-order chi connectivity index (χ1) is 6.31. The highest BCUT2D eigenvalue weighted by atomic mass is 32.2. The summed E-state index contributed by atoms with van der Waals surface area (Å²) in [6.07, 6.45) is 3.73. The molecule has 3 nitrogen and oxygen atoms in total. The number of rotatable bonds is 3. The number of nitriles is 2. The van der Waals surface area contributed by atoms with E-state index >= 15 is 0 Å². The van der Waals surface area contributed by atoms with Crippen LogP contribution in [0.2, 0.25) is 0 Å². The first kappa shape index (κ1) is 9.70. The van der Waals surface area contributed by atoms with Crippen molar-refractivity contribution in [1.82, 2.24) is 0 Å². The largest absolute Gasteiger partial charge is 0.467 e. The summed E-state index contributed by atoms with van der Waals surface area (Å²) in [7, 11) is 0. The normalized spacial score (nSPS) is 11.6. The molecule has 0 fully saturated rings. The third kappa shape index (κ3) is 2.27. The molecule has 0 bridgehead atoms. The first-order valence-electron chi connectivity index (χ1n) is 3.70. The van der Waals surface area contributed by atoms with E-state index in [1.807, 2.05) is 12.3 Å². The third-order valence-electron chi connectivity index (χ3n) is 1.63. The third-order valence-corrected chi connectivity index (χ3v) is 2.60. The second-order valence-electron chi connectivity index (χ2n) is 2.44. The molecule has 0 radical (unpaired) electrons. The van der Waals surface area contributed by atoms with Crippen molar-refractivity contribution in [3.63, 3.8) is 0 Å². The Kier molecular flexibility index (Phi) is 3.42. The van der Waals surface area contributed by atoms with E-state index in [1.54, 1.807) is 17.8 Å². The van der Waals surface area contributed by atoms with Gasteiger partial charge < -0.3 is 4.42 Å². The maximum absolute atomic E-state index is 8.55. The Labute approximate surface area is 81.0 Å². The smallest absolute Gasteiger partial charge is 0.119 e. The molecule has 0 aliphatic heterocycles. The van der Waals surface area contributed by atoms with Gasteiger partial charge in [-0.1, -0.05) is 0 Å². The van der Waals surface area contributed by atoms with Gasteiger partial charge >= 0.3 is 0 Å². The van der Waals surface area contributed by atoms with Gasteiger partial charge in [0.05, 0.1) is 23.3 Å². The molecule has 1 heterocycles. The summed E-state index contributed by atoms with van der Waals surface area (Å²) >= 11 is 1.55. The SMILES string of the molecule is CSC(CC#N)c1cc(C#N)co1. The van der Waals surface area contributed by atoms with Crippen LogP contribution in [-0.2, 0) is 0 Å². The summed E-state index contributed by atoms with van der Waals surface area (Å²) in [6.45, 7) is 0. The highest BCUT2D eigenvalue weighted by Gasteiger charge is 2.13. The molecule has 0 N–H and O–H groups in total. The summed E-state index contributed by atoms with van der Waals surface area (Å²) in [4.78, 5) is 0. The monoisotopic (exact) mass is 192 g/mol. The van der Waals surface area contributed by atoms with E-state index in [1.165, 1.54) is 6.26 Å². The fourth-order valence-corrected chi connectivity index (χ4v) is 1.56. The van der Waals surface area contributed by atoms with Crippen LogP contribution in [-0.4, -0.2) is 6.26 Å². The summed E-state index contributed by atoms with van der Waals surface area (Å²) in [6, 6.07) is 5.74. The molecule has 1 unspecified atom stereocenters. The molecule has 66 valence electrons. The molecule has 4 heteroatoms. The summed E-state index contributed by atoms with van der Waals surface area (Å²) in [5, 5.41) is 17.1. The Morgan fingerprint density at radius 2 is 2.38 bits per heavy atom. The van der Waals surface area contributed by atoms with E-state index in [4.69, 9.17) is 14.9 Å². The van der Waals surface area contributed by atoms with Gasteiger partial charge in [0.15, 0.2) is 0 Å². The van der Waals surface area contributed by atoms with Crippen LogP contribution in [0.1, 0.15) is 23.0 Å². The molecule has 1 rings (SSSR count). The molecule has 0 saturated heterocycles. The van der Waals surface area contributed by atoms with Crippen LogP contribution < -0.4 is 0 Å². The van der Waals surface area contributed by atoms with Crippen molar-refractivity contribution in [3.8, 4) is 12.1 Å². The molecule has 0 aliphatic rings. The van der Waals surface area contributed by atoms with Gasteiger partial charge in [0, 0.05) is 0 Å². The number of thioether (sulfide) groups is 1. The average Bonchev–Trinajstić information content (AvgIpc) is 2.62. The van der Waals surface area contributed by atoms with Crippen LogP contribution in [0, 0.1) is 22.7 Å². The molecule has 0 aliphatic carbocycles. The lowest BCUT2D eigenvalue weighted by Crippen LogP contribution is -1.88. The molecular formula is C9H8N2OS.